The van der Waals surface area contributed by atoms with Gasteiger partial charge in [-0.2, -0.15) is 5.26 Å². The summed E-state index contributed by atoms with van der Waals surface area (Å²) in [6.45, 7) is 1.92. The topological polar surface area (TPSA) is 78.9 Å². The van der Waals surface area contributed by atoms with Crippen molar-refractivity contribution in [1.29, 1.82) is 5.26 Å². The number of hydrogen-bond donors (Lipinski definition) is 2. The smallest absolute Gasteiger partial charge is 0.253 e. The molecule has 0 heterocycles. The van der Waals surface area contributed by atoms with E-state index in [0.29, 0.717) is 24.1 Å². The zero-order chi connectivity index (χ0) is 12.8. The molecule has 0 saturated heterocycles. The lowest BCUT2D eigenvalue weighted by Gasteiger charge is -2.14. The van der Waals surface area contributed by atoms with Gasteiger partial charge in [0.25, 0.3) is 5.91 Å². The Labute approximate surface area is 109 Å². The van der Waals surface area contributed by atoms with E-state index in [2.05, 4.69) is 21.2 Å². The SMILES string of the molecule is CCC(CC#N)NC(=O)c1cc(Br)ccc1N. The monoisotopic (exact) mass is 295 g/mol. The Balaban J connectivity index is 2.82. The number of nitrogens with two attached hydrogens (primary N) is 1. The van der Waals surface area contributed by atoms with E-state index in [0.717, 1.165) is 4.47 Å². The molecule has 0 fully saturated rings. The van der Waals surface area contributed by atoms with Crippen LogP contribution in [0.4, 0.5) is 5.69 Å². The van der Waals surface area contributed by atoms with Crippen molar-refractivity contribution in [2.45, 2.75) is 25.8 Å². The number of benzene rings is 1. The molecule has 1 aromatic rings. The normalized spacial score (nSPS) is 11.6. The summed E-state index contributed by atoms with van der Waals surface area (Å²) in [7, 11) is 0. The minimum atomic E-state index is -0.245. The van der Waals surface area contributed by atoms with Gasteiger partial charge in [-0.25, -0.2) is 0 Å². The minimum Gasteiger partial charge on any atom is -0.398 e. The van der Waals surface area contributed by atoms with Crippen molar-refractivity contribution in [3.05, 3.63) is 28.2 Å². The first kappa shape index (κ1) is 13.5. The molecule has 90 valence electrons. The Morgan fingerprint density at radius 2 is 2.35 bits per heavy atom. The third-order valence-corrected chi connectivity index (χ3v) is 2.92. The number of rotatable bonds is 4. The van der Waals surface area contributed by atoms with Crippen molar-refractivity contribution >= 4 is 27.5 Å². The average molecular weight is 296 g/mol. The first-order valence-corrected chi connectivity index (χ1v) is 6.10. The highest BCUT2D eigenvalue weighted by atomic mass is 79.9. The second-order valence-electron chi connectivity index (χ2n) is 3.67. The number of nitrogen functional groups attached to an aromatic ring is 1. The summed E-state index contributed by atoms with van der Waals surface area (Å²) in [5, 5.41) is 11.4. The molecule has 0 saturated carbocycles. The number of nitriles is 1. The highest BCUT2D eigenvalue weighted by Crippen LogP contribution is 2.18. The molecule has 1 rings (SSSR count). The molecule has 0 radical (unpaired) electrons. The predicted molar refractivity (Wildman–Crippen MR) is 70.3 cm³/mol. The van der Waals surface area contributed by atoms with Gasteiger partial charge in [-0.3, -0.25) is 4.79 Å². The van der Waals surface area contributed by atoms with Gasteiger partial charge in [-0.05, 0) is 24.6 Å². The maximum absolute atomic E-state index is 11.9. The summed E-state index contributed by atoms with van der Waals surface area (Å²) in [5.41, 5.74) is 6.59. The fraction of sp³-hybridized carbons (Fsp3) is 0.333. The zero-order valence-electron chi connectivity index (χ0n) is 9.53. The van der Waals surface area contributed by atoms with Crippen molar-refractivity contribution in [3.63, 3.8) is 0 Å². The zero-order valence-corrected chi connectivity index (χ0v) is 11.1. The molecule has 0 aliphatic rings. The standard InChI is InChI=1S/C12H14BrN3O/c1-2-9(5-6-14)16-12(17)10-7-8(13)3-4-11(10)15/h3-4,7,9H,2,5,15H2,1H3,(H,16,17). The lowest BCUT2D eigenvalue weighted by atomic mass is 10.1. The van der Waals surface area contributed by atoms with Crippen LogP contribution in [0.25, 0.3) is 0 Å². The van der Waals surface area contributed by atoms with E-state index in [1.54, 1.807) is 18.2 Å². The van der Waals surface area contributed by atoms with Gasteiger partial charge < -0.3 is 11.1 Å². The summed E-state index contributed by atoms with van der Waals surface area (Å²) in [6.07, 6.45) is 1.02. The molecule has 0 spiro atoms. The van der Waals surface area contributed by atoms with Gasteiger partial charge in [0.1, 0.15) is 0 Å². The highest BCUT2D eigenvalue weighted by Gasteiger charge is 2.14. The van der Waals surface area contributed by atoms with Crippen LogP contribution in [0.5, 0.6) is 0 Å². The third kappa shape index (κ3) is 3.75. The number of nitrogens with one attached hydrogen (secondary N) is 1. The minimum absolute atomic E-state index is 0.133. The van der Waals surface area contributed by atoms with Gasteiger partial charge >= 0.3 is 0 Å². The summed E-state index contributed by atoms with van der Waals surface area (Å²) in [4.78, 5) is 11.9. The van der Waals surface area contributed by atoms with E-state index in [1.807, 2.05) is 13.0 Å². The summed E-state index contributed by atoms with van der Waals surface area (Å²) in [5.74, 6) is -0.245. The molecule has 5 heteroatoms. The van der Waals surface area contributed by atoms with E-state index < -0.39 is 0 Å². The summed E-state index contributed by atoms with van der Waals surface area (Å²) in [6, 6.07) is 7.03. The average Bonchev–Trinajstić information content (AvgIpc) is 2.31. The van der Waals surface area contributed by atoms with Gasteiger partial charge in [0, 0.05) is 16.2 Å². The Hall–Kier alpha value is -1.54. The molecule has 17 heavy (non-hydrogen) atoms. The van der Waals surface area contributed by atoms with Crippen LogP contribution < -0.4 is 11.1 Å². The van der Waals surface area contributed by atoms with Gasteiger partial charge in [-0.15, -0.1) is 0 Å². The quantitative estimate of drug-likeness (QED) is 0.838. The van der Waals surface area contributed by atoms with Crippen LogP contribution in [0.3, 0.4) is 0 Å². The van der Waals surface area contributed by atoms with Gasteiger partial charge in [-0.1, -0.05) is 22.9 Å². The lowest BCUT2D eigenvalue weighted by molar-refractivity contribution is 0.0937. The van der Waals surface area contributed by atoms with Crippen molar-refractivity contribution in [2.75, 3.05) is 5.73 Å². The van der Waals surface area contributed by atoms with E-state index in [4.69, 9.17) is 11.0 Å². The number of halogens is 1. The molecule has 0 aromatic heterocycles. The van der Waals surface area contributed by atoms with Crippen LogP contribution in [0.1, 0.15) is 30.1 Å². The van der Waals surface area contributed by atoms with Crippen molar-refractivity contribution in [1.82, 2.24) is 5.32 Å². The largest absolute Gasteiger partial charge is 0.398 e. The van der Waals surface area contributed by atoms with Crippen LogP contribution in [-0.2, 0) is 0 Å². The van der Waals surface area contributed by atoms with Gasteiger partial charge in [0.05, 0.1) is 18.1 Å². The number of carbonyl (C=O) groups is 1. The number of nitrogens with zero attached hydrogens (tertiary/aromatic N) is 1. The van der Waals surface area contributed by atoms with Crippen molar-refractivity contribution in [2.24, 2.45) is 0 Å². The Bertz CT molecular complexity index is 454. The van der Waals surface area contributed by atoms with Crippen molar-refractivity contribution < 1.29 is 4.79 Å². The van der Waals surface area contributed by atoms with Crippen LogP contribution in [0, 0.1) is 11.3 Å². The van der Waals surface area contributed by atoms with Crippen LogP contribution in [0.2, 0.25) is 0 Å². The van der Waals surface area contributed by atoms with E-state index in [9.17, 15) is 4.79 Å². The van der Waals surface area contributed by atoms with E-state index in [1.165, 1.54) is 0 Å². The fourth-order valence-electron chi connectivity index (χ4n) is 1.40. The molecule has 0 bridgehead atoms. The molecule has 3 N–H and O–H groups in total. The molecular weight excluding hydrogens is 282 g/mol. The Morgan fingerprint density at radius 1 is 1.65 bits per heavy atom. The van der Waals surface area contributed by atoms with E-state index >= 15 is 0 Å². The van der Waals surface area contributed by atoms with Crippen LogP contribution in [-0.4, -0.2) is 11.9 Å². The summed E-state index contributed by atoms with van der Waals surface area (Å²) < 4.78 is 0.796. The van der Waals surface area contributed by atoms with Crippen LogP contribution >= 0.6 is 15.9 Å². The molecule has 0 aliphatic carbocycles. The Kier molecular flexibility index (Phi) is 4.98. The highest BCUT2D eigenvalue weighted by molar-refractivity contribution is 9.10. The molecule has 1 atom stereocenters. The Morgan fingerprint density at radius 3 is 2.94 bits per heavy atom. The number of amides is 1. The fourth-order valence-corrected chi connectivity index (χ4v) is 1.76. The van der Waals surface area contributed by atoms with Gasteiger partial charge in [0.2, 0.25) is 0 Å². The van der Waals surface area contributed by atoms with Gasteiger partial charge in [0.15, 0.2) is 0 Å². The van der Waals surface area contributed by atoms with E-state index in [-0.39, 0.29) is 11.9 Å². The maximum atomic E-state index is 11.9. The molecule has 1 unspecified atom stereocenters. The molecule has 0 aliphatic heterocycles. The number of carbonyl (C=O) groups excluding carboxylic acids is 1. The van der Waals surface area contributed by atoms with Crippen molar-refractivity contribution in [3.8, 4) is 6.07 Å². The molecule has 4 nitrogen and oxygen atoms in total. The second-order valence-corrected chi connectivity index (χ2v) is 4.59. The molecule has 1 amide bonds. The summed E-state index contributed by atoms with van der Waals surface area (Å²) >= 11 is 3.29. The number of anilines is 1. The molecule has 1 aromatic carbocycles. The molecular formula is C12H14BrN3O. The third-order valence-electron chi connectivity index (χ3n) is 2.43. The lowest BCUT2D eigenvalue weighted by Crippen LogP contribution is -2.34. The first-order chi connectivity index (χ1) is 8.08. The maximum Gasteiger partial charge on any atom is 0.253 e. The first-order valence-electron chi connectivity index (χ1n) is 5.31. The second kappa shape index (κ2) is 6.26. The van der Waals surface area contributed by atoms with Crippen LogP contribution in [0.15, 0.2) is 22.7 Å². The number of hydrogen-bond acceptors (Lipinski definition) is 3. The predicted octanol–water partition coefficient (Wildman–Crippen LogP) is 2.45.